The molecule has 1 N–H and O–H groups in total. The van der Waals surface area contributed by atoms with Gasteiger partial charge in [-0.3, -0.25) is 9.48 Å². The minimum Gasteiger partial charge on any atom is -0.310 e. The zero-order valence-corrected chi connectivity index (χ0v) is 9.66. The maximum Gasteiger partial charge on any atom is 0.225 e. The Bertz CT molecular complexity index is 403. The Labute approximate surface area is 95.1 Å². The van der Waals surface area contributed by atoms with Crippen LogP contribution in [-0.2, 0) is 11.8 Å². The number of nitriles is 1. The van der Waals surface area contributed by atoms with E-state index >= 15 is 0 Å². The number of hydrogen-bond acceptors (Lipinski definition) is 3. The molecule has 0 aliphatic heterocycles. The van der Waals surface area contributed by atoms with E-state index in [2.05, 4.69) is 17.3 Å². The largest absolute Gasteiger partial charge is 0.310 e. The third-order valence-electron chi connectivity index (χ3n) is 2.32. The second kappa shape index (κ2) is 5.91. The van der Waals surface area contributed by atoms with Gasteiger partial charge in [0.05, 0.1) is 6.20 Å². The highest BCUT2D eigenvalue weighted by Gasteiger charge is 2.10. The maximum absolute atomic E-state index is 11.5. The van der Waals surface area contributed by atoms with Gasteiger partial charge in [0.15, 0.2) is 0 Å². The van der Waals surface area contributed by atoms with Crippen LogP contribution in [0.3, 0.4) is 0 Å². The van der Waals surface area contributed by atoms with Crippen molar-refractivity contribution in [3.05, 3.63) is 11.8 Å². The quantitative estimate of drug-likeness (QED) is 0.769. The molecule has 1 rings (SSSR count). The lowest BCUT2D eigenvalue weighted by atomic mass is 10.2. The molecule has 1 aromatic heterocycles. The van der Waals surface area contributed by atoms with Crippen LogP contribution < -0.4 is 5.32 Å². The summed E-state index contributed by atoms with van der Waals surface area (Å²) in [5.74, 6) is 0.414. The van der Waals surface area contributed by atoms with Crippen molar-refractivity contribution >= 4 is 11.7 Å². The number of aromatic nitrogens is 2. The molecular weight excluding hydrogens is 204 g/mol. The van der Waals surface area contributed by atoms with Crippen LogP contribution in [0.15, 0.2) is 6.20 Å². The molecule has 5 nitrogen and oxygen atoms in total. The SMILES string of the molecule is CCCCCC(=O)Nc1c(C#N)cnn1C. The average molecular weight is 220 g/mol. The molecule has 1 amide bonds. The molecule has 1 aromatic rings. The molecule has 0 saturated heterocycles. The van der Waals surface area contributed by atoms with Crippen molar-refractivity contribution in [2.75, 3.05) is 5.32 Å². The Kier molecular flexibility index (Phi) is 4.52. The number of hydrogen-bond donors (Lipinski definition) is 1. The van der Waals surface area contributed by atoms with Crippen LogP contribution in [0.25, 0.3) is 0 Å². The Morgan fingerprint density at radius 2 is 2.38 bits per heavy atom. The first-order valence-electron chi connectivity index (χ1n) is 5.41. The molecule has 0 aromatic carbocycles. The number of carbonyl (C=O) groups excluding carboxylic acids is 1. The highest BCUT2D eigenvalue weighted by atomic mass is 16.1. The third-order valence-corrected chi connectivity index (χ3v) is 2.32. The second-order valence-corrected chi connectivity index (χ2v) is 3.65. The van der Waals surface area contributed by atoms with Crippen LogP contribution >= 0.6 is 0 Å². The highest BCUT2D eigenvalue weighted by molar-refractivity contribution is 5.91. The summed E-state index contributed by atoms with van der Waals surface area (Å²) in [5.41, 5.74) is 0.395. The van der Waals surface area contributed by atoms with Gasteiger partial charge in [-0.2, -0.15) is 10.4 Å². The Hall–Kier alpha value is -1.83. The summed E-state index contributed by atoms with van der Waals surface area (Å²) in [7, 11) is 1.70. The first kappa shape index (κ1) is 12.2. The van der Waals surface area contributed by atoms with Crippen molar-refractivity contribution in [1.82, 2.24) is 9.78 Å². The number of unbranched alkanes of at least 4 members (excludes halogenated alkanes) is 2. The van der Waals surface area contributed by atoms with Crippen molar-refractivity contribution < 1.29 is 4.79 Å². The van der Waals surface area contributed by atoms with E-state index in [4.69, 9.17) is 5.26 Å². The number of nitrogens with zero attached hydrogens (tertiary/aromatic N) is 3. The van der Waals surface area contributed by atoms with Gasteiger partial charge in [0.2, 0.25) is 5.91 Å². The highest BCUT2D eigenvalue weighted by Crippen LogP contribution is 2.13. The first-order valence-corrected chi connectivity index (χ1v) is 5.41. The van der Waals surface area contributed by atoms with Crippen LogP contribution in [0.4, 0.5) is 5.82 Å². The monoisotopic (exact) mass is 220 g/mol. The van der Waals surface area contributed by atoms with E-state index in [1.165, 1.54) is 10.9 Å². The fourth-order valence-corrected chi connectivity index (χ4v) is 1.40. The van der Waals surface area contributed by atoms with Crippen molar-refractivity contribution in [1.29, 1.82) is 5.26 Å². The number of anilines is 1. The van der Waals surface area contributed by atoms with E-state index in [1.54, 1.807) is 7.05 Å². The molecule has 86 valence electrons. The van der Waals surface area contributed by atoms with E-state index in [1.807, 2.05) is 6.07 Å². The molecule has 0 spiro atoms. The van der Waals surface area contributed by atoms with E-state index in [-0.39, 0.29) is 5.91 Å². The Morgan fingerprint density at radius 1 is 1.62 bits per heavy atom. The Balaban J connectivity index is 2.56. The molecule has 0 radical (unpaired) electrons. The number of aryl methyl sites for hydroxylation is 1. The topological polar surface area (TPSA) is 70.7 Å². The molecule has 0 bridgehead atoms. The van der Waals surface area contributed by atoms with Gasteiger partial charge >= 0.3 is 0 Å². The van der Waals surface area contributed by atoms with Gasteiger partial charge in [0.25, 0.3) is 0 Å². The maximum atomic E-state index is 11.5. The predicted molar refractivity (Wildman–Crippen MR) is 60.7 cm³/mol. The molecule has 0 aliphatic rings. The van der Waals surface area contributed by atoms with Crippen molar-refractivity contribution in [3.8, 4) is 6.07 Å². The van der Waals surface area contributed by atoms with E-state index in [0.717, 1.165) is 19.3 Å². The second-order valence-electron chi connectivity index (χ2n) is 3.65. The van der Waals surface area contributed by atoms with Gasteiger partial charge < -0.3 is 5.32 Å². The van der Waals surface area contributed by atoms with E-state index in [0.29, 0.717) is 17.8 Å². The van der Waals surface area contributed by atoms with Gasteiger partial charge in [-0.1, -0.05) is 19.8 Å². The lowest BCUT2D eigenvalue weighted by Gasteiger charge is -2.05. The summed E-state index contributed by atoms with van der Waals surface area (Å²) in [5, 5.41) is 15.4. The van der Waals surface area contributed by atoms with E-state index < -0.39 is 0 Å². The zero-order valence-electron chi connectivity index (χ0n) is 9.66. The fraction of sp³-hybridized carbons (Fsp3) is 0.545. The molecule has 16 heavy (non-hydrogen) atoms. The predicted octanol–water partition coefficient (Wildman–Crippen LogP) is 1.81. The van der Waals surface area contributed by atoms with Gasteiger partial charge in [0, 0.05) is 13.5 Å². The normalized spacial score (nSPS) is 9.81. The minimum atomic E-state index is -0.0615. The lowest BCUT2D eigenvalue weighted by molar-refractivity contribution is -0.116. The first-order chi connectivity index (χ1) is 7.69. The van der Waals surface area contributed by atoms with Crippen LogP contribution in [0, 0.1) is 11.3 Å². The van der Waals surface area contributed by atoms with Gasteiger partial charge in [-0.25, -0.2) is 0 Å². The molecule has 0 unspecified atom stereocenters. The zero-order chi connectivity index (χ0) is 12.0. The molecule has 0 saturated carbocycles. The molecule has 1 heterocycles. The van der Waals surface area contributed by atoms with Crippen LogP contribution in [0.5, 0.6) is 0 Å². The number of carbonyl (C=O) groups is 1. The lowest BCUT2D eigenvalue weighted by Crippen LogP contribution is -2.14. The standard InChI is InChI=1S/C11H16N4O/c1-3-4-5-6-10(16)14-11-9(7-12)8-13-15(11)2/h8H,3-6H2,1-2H3,(H,14,16). The minimum absolute atomic E-state index is 0.0615. The summed E-state index contributed by atoms with van der Waals surface area (Å²) in [6.45, 7) is 2.09. The van der Waals surface area contributed by atoms with Gasteiger partial charge in [0.1, 0.15) is 17.5 Å². The van der Waals surface area contributed by atoms with Crippen molar-refractivity contribution in [2.24, 2.45) is 7.05 Å². The average Bonchev–Trinajstić information content (AvgIpc) is 2.61. The molecular formula is C11H16N4O. The number of rotatable bonds is 5. The molecule has 5 heteroatoms. The smallest absolute Gasteiger partial charge is 0.225 e. The number of nitrogens with one attached hydrogen (secondary N) is 1. The van der Waals surface area contributed by atoms with E-state index in [9.17, 15) is 4.79 Å². The fourth-order valence-electron chi connectivity index (χ4n) is 1.40. The van der Waals surface area contributed by atoms with Crippen LogP contribution in [-0.4, -0.2) is 15.7 Å². The van der Waals surface area contributed by atoms with Gasteiger partial charge in [-0.15, -0.1) is 0 Å². The summed E-state index contributed by atoms with van der Waals surface area (Å²) in [4.78, 5) is 11.5. The summed E-state index contributed by atoms with van der Waals surface area (Å²) < 4.78 is 1.50. The molecule has 0 aliphatic carbocycles. The summed E-state index contributed by atoms with van der Waals surface area (Å²) in [6, 6.07) is 1.99. The van der Waals surface area contributed by atoms with Crippen molar-refractivity contribution in [2.45, 2.75) is 32.6 Å². The number of amides is 1. The molecule has 0 fully saturated rings. The van der Waals surface area contributed by atoms with Crippen LogP contribution in [0.1, 0.15) is 38.2 Å². The van der Waals surface area contributed by atoms with Crippen molar-refractivity contribution in [3.63, 3.8) is 0 Å². The third kappa shape index (κ3) is 3.09. The summed E-state index contributed by atoms with van der Waals surface area (Å²) in [6.07, 6.45) is 4.94. The summed E-state index contributed by atoms with van der Waals surface area (Å²) >= 11 is 0. The molecule has 0 atom stereocenters. The van der Waals surface area contributed by atoms with Crippen LogP contribution in [0.2, 0.25) is 0 Å². The van der Waals surface area contributed by atoms with Gasteiger partial charge in [-0.05, 0) is 6.42 Å². The Morgan fingerprint density at radius 3 is 3.00 bits per heavy atom.